The second kappa shape index (κ2) is 5.50. The molecule has 2 unspecified atom stereocenters. The van der Waals surface area contributed by atoms with E-state index in [1.54, 1.807) is 0 Å². The van der Waals surface area contributed by atoms with Crippen LogP contribution in [0.15, 0.2) is 30.3 Å². The van der Waals surface area contributed by atoms with Gasteiger partial charge in [0.2, 0.25) is 0 Å². The van der Waals surface area contributed by atoms with Crippen LogP contribution in [0.5, 0.6) is 0 Å². The average Bonchev–Trinajstić information content (AvgIpc) is 2.39. The van der Waals surface area contributed by atoms with Crippen molar-refractivity contribution in [3.05, 3.63) is 41.5 Å². The van der Waals surface area contributed by atoms with Crippen LogP contribution in [0, 0.1) is 5.92 Å². The van der Waals surface area contributed by atoms with E-state index < -0.39 is 0 Å². The zero-order chi connectivity index (χ0) is 12.3. The molecule has 0 aromatic heterocycles. The molecule has 1 aromatic rings. The molecule has 1 heteroatoms. The molecule has 0 radical (unpaired) electrons. The Balaban J connectivity index is 2.13. The maximum absolute atomic E-state index is 6.03. The van der Waals surface area contributed by atoms with Gasteiger partial charge in [0.05, 0.1) is 0 Å². The normalized spacial score (nSPS) is 22.1. The molecule has 0 fully saturated rings. The monoisotopic (exact) mass is 229 g/mol. The van der Waals surface area contributed by atoms with Crippen LogP contribution < -0.4 is 5.73 Å². The summed E-state index contributed by atoms with van der Waals surface area (Å²) < 4.78 is 0. The Hall–Kier alpha value is -1.08. The first-order valence-electron chi connectivity index (χ1n) is 6.75. The summed E-state index contributed by atoms with van der Waals surface area (Å²) in [5.74, 6) is 0.853. The van der Waals surface area contributed by atoms with Gasteiger partial charge in [-0.25, -0.2) is 0 Å². The predicted octanol–water partition coefficient (Wildman–Crippen LogP) is 4.30. The number of benzene rings is 1. The Labute approximate surface area is 105 Å². The van der Waals surface area contributed by atoms with Gasteiger partial charge in [-0.1, -0.05) is 44.2 Å². The van der Waals surface area contributed by atoms with Gasteiger partial charge in [0, 0.05) is 6.04 Å². The smallest absolute Gasteiger partial charge is 0.0292 e. The lowest BCUT2D eigenvalue weighted by atomic mass is 9.87. The standard InChI is InChI=1S/C16H23N/c1-3-16(17)15-10-8-14(9-11-15)13-6-4-12(2)5-7-13/h6,8-12,16H,3-5,7,17H2,1-2H3. The highest BCUT2D eigenvalue weighted by Crippen LogP contribution is 2.30. The van der Waals surface area contributed by atoms with Crippen molar-refractivity contribution >= 4 is 5.57 Å². The van der Waals surface area contributed by atoms with Crippen LogP contribution >= 0.6 is 0 Å². The number of rotatable bonds is 3. The number of hydrogen-bond donors (Lipinski definition) is 1. The molecule has 0 aliphatic heterocycles. The first kappa shape index (κ1) is 12.4. The van der Waals surface area contributed by atoms with Crippen LogP contribution in [0.25, 0.3) is 5.57 Å². The zero-order valence-corrected chi connectivity index (χ0v) is 10.9. The second-order valence-electron chi connectivity index (χ2n) is 5.25. The van der Waals surface area contributed by atoms with Crippen molar-refractivity contribution in [3.8, 4) is 0 Å². The van der Waals surface area contributed by atoms with Crippen LogP contribution in [-0.4, -0.2) is 0 Å². The van der Waals surface area contributed by atoms with Crippen LogP contribution in [0.4, 0.5) is 0 Å². The molecule has 1 aliphatic carbocycles. The molecule has 0 amide bonds. The van der Waals surface area contributed by atoms with Crippen LogP contribution in [0.2, 0.25) is 0 Å². The highest BCUT2D eigenvalue weighted by molar-refractivity contribution is 5.66. The topological polar surface area (TPSA) is 26.0 Å². The summed E-state index contributed by atoms with van der Waals surface area (Å²) in [4.78, 5) is 0. The minimum atomic E-state index is 0.185. The van der Waals surface area contributed by atoms with Crippen molar-refractivity contribution < 1.29 is 0 Å². The number of nitrogens with two attached hydrogens (primary N) is 1. The third-order valence-electron chi connectivity index (χ3n) is 3.82. The summed E-state index contributed by atoms with van der Waals surface area (Å²) in [5.41, 5.74) is 10.2. The quantitative estimate of drug-likeness (QED) is 0.821. The summed E-state index contributed by atoms with van der Waals surface area (Å²) in [7, 11) is 0. The fourth-order valence-corrected chi connectivity index (χ4v) is 2.41. The third kappa shape index (κ3) is 2.98. The van der Waals surface area contributed by atoms with Crippen LogP contribution in [0.1, 0.15) is 56.7 Å². The molecule has 0 bridgehead atoms. The van der Waals surface area contributed by atoms with E-state index in [-0.39, 0.29) is 6.04 Å². The molecule has 2 rings (SSSR count). The van der Waals surface area contributed by atoms with Crippen LogP contribution in [0.3, 0.4) is 0 Å². The summed E-state index contributed by atoms with van der Waals surface area (Å²) >= 11 is 0. The van der Waals surface area contributed by atoms with Gasteiger partial charge < -0.3 is 5.73 Å². The molecule has 1 nitrogen and oxygen atoms in total. The first-order chi connectivity index (χ1) is 8.20. The van der Waals surface area contributed by atoms with Gasteiger partial charge in [-0.05, 0) is 48.3 Å². The Morgan fingerprint density at radius 2 is 2.00 bits per heavy atom. The van der Waals surface area contributed by atoms with E-state index in [2.05, 4.69) is 44.2 Å². The Morgan fingerprint density at radius 3 is 2.53 bits per heavy atom. The highest BCUT2D eigenvalue weighted by Gasteiger charge is 2.11. The average molecular weight is 229 g/mol. The summed E-state index contributed by atoms with van der Waals surface area (Å²) in [5, 5.41) is 0. The molecule has 0 spiro atoms. The lowest BCUT2D eigenvalue weighted by Crippen LogP contribution is -2.08. The van der Waals surface area contributed by atoms with E-state index in [4.69, 9.17) is 5.73 Å². The van der Waals surface area contributed by atoms with E-state index in [0.717, 1.165) is 12.3 Å². The molecule has 92 valence electrons. The fourth-order valence-electron chi connectivity index (χ4n) is 2.41. The van der Waals surface area contributed by atoms with E-state index >= 15 is 0 Å². The molecule has 1 aromatic carbocycles. The highest BCUT2D eigenvalue weighted by atomic mass is 14.6. The number of hydrogen-bond acceptors (Lipinski definition) is 1. The van der Waals surface area contributed by atoms with E-state index in [0.29, 0.717) is 0 Å². The van der Waals surface area contributed by atoms with Gasteiger partial charge in [-0.3, -0.25) is 0 Å². The Kier molecular flexibility index (Phi) is 4.01. The van der Waals surface area contributed by atoms with Crippen molar-refractivity contribution in [1.82, 2.24) is 0 Å². The minimum absolute atomic E-state index is 0.185. The summed E-state index contributed by atoms with van der Waals surface area (Å²) in [6, 6.07) is 9.01. The van der Waals surface area contributed by atoms with Gasteiger partial charge in [-0.15, -0.1) is 0 Å². The number of allylic oxidation sites excluding steroid dienone is 2. The molecule has 2 atom stereocenters. The van der Waals surface area contributed by atoms with Crippen molar-refractivity contribution in [2.24, 2.45) is 11.7 Å². The predicted molar refractivity (Wildman–Crippen MR) is 74.7 cm³/mol. The molecule has 0 saturated heterocycles. The van der Waals surface area contributed by atoms with Crippen LogP contribution in [-0.2, 0) is 0 Å². The summed E-state index contributed by atoms with van der Waals surface area (Å²) in [6.07, 6.45) is 7.18. The molecular weight excluding hydrogens is 206 g/mol. The molecular formula is C16H23N. The zero-order valence-electron chi connectivity index (χ0n) is 10.9. The van der Waals surface area contributed by atoms with Gasteiger partial charge in [-0.2, -0.15) is 0 Å². The third-order valence-corrected chi connectivity index (χ3v) is 3.82. The largest absolute Gasteiger partial charge is 0.324 e. The first-order valence-corrected chi connectivity index (χ1v) is 6.75. The lowest BCUT2D eigenvalue weighted by Gasteiger charge is -2.19. The van der Waals surface area contributed by atoms with Gasteiger partial charge in [0.25, 0.3) is 0 Å². The molecule has 1 aliphatic rings. The van der Waals surface area contributed by atoms with Crippen molar-refractivity contribution in [2.45, 2.75) is 45.6 Å². The maximum atomic E-state index is 6.03. The molecule has 17 heavy (non-hydrogen) atoms. The van der Waals surface area contributed by atoms with Crippen molar-refractivity contribution in [1.29, 1.82) is 0 Å². The molecule has 2 N–H and O–H groups in total. The van der Waals surface area contributed by atoms with Crippen molar-refractivity contribution in [2.75, 3.05) is 0 Å². The SMILES string of the molecule is CCC(N)c1ccc(C2=CCC(C)CC2)cc1. The van der Waals surface area contributed by atoms with Gasteiger partial charge in [0.1, 0.15) is 0 Å². The second-order valence-corrected chi connectivity index (χ2v) is 5.25. The lowest BCUT2D eigenvalue weighted by molar-refractivity contribution is 0.534. The molecule has 0 saturated carbocycles. The minimum Gasteiger partial charge on any atom is -0.324 e. The molecule has 0 heterocycles. The van der Waals surface area contributed by atoms with E-state index in [9.17, 15) is 0 Å². The Bertz CT molecular complexity index is 388. The fraction of sp³-hybridized carbons (Fsp3) is 0.500. The van der Waals surface area contributed by atoms with E-state index in [1.807, 2.05) is 0 Å². The van der Waals surface area contributed by atoms with Crippen molar-refractivity contribution in [3.63, 3.8) is 0 Å². The Morgan fingerprint density at radius 1 is 1.29 bits per heavy atom. The maximum Gasteiger partial charge on any atom is 0.0292 e. The summed E-state index contributed by atoms with van der Waals surface area (Å²) in [6.45, 7) is 4.46. The van der Waals surface area contributed by atoms with Gasteiger partial charge >= 0.3 is 0 Å². The van der Waals surface area contributed by atoms with Gasteiger partial charge in [0.15, 0.2) is 0 Å². The van der Waals surface area contributed by atoms with E-state index in [1.165, 1.54) is 36.0 Å².